The van der Waals surface area contributed by atoms with E-state index < -0.39 is 21.2 Å². The molecule has 1 fully saturated rings. The maximum absolute atomic E-state index is 13.0. The number of methoxy groups -OCH3 is 1. The van der Waals surface area contributed by atoms with Crippen LogP contribution in [0.3, 0.4) is 0 Å². The molecule has 0 unspecified atom stereocenters. The zero-order valence-electron chi connectivity index (χ0n) is 18.6. The zero-order valence-corrected chi connectivity index (χ0v) is 20.2. The fourth-order valence-corrected chi connectivity index (χ4v) is 6.12. The molecule has 2 N–H and O–H groups in total. The summed E-state index contributed by atoms with van der Waals surface area (Å²) in [6, 6.07) is 9.72. The van der Waals surface area contributed by atoms with Gasteiger partial charge in [0, 0.05) is 18.0 Å². The summed E-state index contributed by atoms with van der Waals surface area (Å²) in [5.74, 6) is -0.208. The van der Waals surface area contributed by atoms with Crippen LogP contribution in [0.15, 0.2) is 46.2 Å². The Morgan fingerprint density at radius 1 is 1.12 bits per heavy atom. The molecule has 0 spiro atoms. The number of fused-ring (bicyclic) bond motifs is 1. The number of carbonyl (C=O) groups is 2. The molecule has 0 radical (unpaired) electrons. The van der Waals surface area contributed by atoms with E-state index in [4.69, 9.17) is 4.74 Å². The molecule has 0 saturated carbocycles. The molecule has 2 aromatic rings. The first kappa shape index (κ1) is 23.4. The van der Waals surface area contributed by atoms with E-state index in [0.29, 0.717) is 35.1 Å². The lowest BCUT2D eigenvalue weighted by molar-refractivity contribution is -0.133. The zero-order chi connectivity index (χ0) is 23.6. The number of amides is 2. The van der Waals surface area contributed by atoms with Crippen molar-refractivity contribution in [3.05, 3.63) is 42.0 Å². The lowest BCUT2D eigenvalue weighted by Gasteiger charge is -2.29. The number of hydrogen-bond donors (Lipinski definition) is 2. The molecular formula is C23H27N3O5S2. The van der Waals surface area contributed by atoms with Crippen molar-refractivity contribution in [2.24, 2.45) is 0 Å². The van der Waals surface area contributed by atoms with Crippen LogP contribution in [0.4, 0.5) is 11.4 Å². The number of nitrogens with zero attached hydrogens (tertiary/aromatic N) is 1. The molecule has 1 saturated heterocycles. The first-order valence-corrected chi connectivity index (χ1v) is 13.2. The Balaban J connectivity index is 1.55. The highest BCUT2D eigenvalue weighted by Crippen LogP contribution is 2.38. The number of nitrogens with one attached hydrogen (secondary N) is 2. The van der Waals surface area contributed by atoms with Gasteiger partial charge in [-0.25, -0.2) is 8.42 Å². The largest absolute Gasteiger partial charge is 0.495 e. The van der Waals surface area contributed by atoms with E-state index in [1.165, 1.54) is 31.0 Å². The first-order valence-electron chi connectivity index (χ1n) is 10.9. The first-order chi connectivity index (χ1) is 15.8. The van der Waals surface area contributed by atoms with E-state index in [-0.39, 0.29) is 10.8 Å². The second-order valence-electron chi connectivity index (χ2n) is 8.19. The molecule has 2 aromatic carbocycles. The van der Waals surface area contributed by atoms with Gasteiger partial charge in [0.25, 0.3) is 10.0 Å². The number of hydrogen-bond acceptors (Lipinski definition) is 6. The molecule has 2 heterocycles. The van der Waals surface area contributed by atoms with Gasteiger partial charge >= 0.3 is 0 Å². The minimum Gasteiger partial charge on any atom is -0.495 e. The van der Waals surface area contributed by atoms with Gasteiger partial charge in [-0.3, -0.25) is 14.3 Å². The van der Waals surface area contributed by atoms with Crippen LogP contribution in [-0.4, -0.2) is 50.6 Å². The molecule has 2 aliphatic heterocycles. The van der Waals surface area contributed by atoms with Gasteiger partial charge in [0.2, 0.25) is 11.8 Å². The fraction of sp³-hybridized carbons (Fsp3) is 0.391. The number of likely N-dealkylation sites (tertiary alicyclic amines) is 1. The highest BCUT2D eigenvalue weighted by Gasteiger charge is 2.36. The Morgan fingerprint density at radius 3 is 2.55 bits per heavy atom. The van der Waals surface area contributed by atoms with E-state index in [1.807, 2.05) is 13.0 Å². The number of ether oxygens (including phenoxy) is 1. The lowest BCUT2D eigenvalue weighted by Crippen LogP contribution is -2.45. The van der Waals surface area contributed by atoms with Crippen LogP contribution in [-0.2, 0) is 19.6 Å². The molecule has 0 bridgehead atoms. The van der Waals surface area contributed by atoms with E-state index in [0.717, 1.165) is 31.2 Å². The van der Waals surface area contributed by atoms with E-state index in [1.54, 1.807) is 23.1 Å². The van der Waals surface area contributed by atoms with Crippen LogP contribution >= 0.6 is 11.8 Å². The predicted octanol–water partition coefficient (Wildman–Crippen LogP) is 3.62. The van der Waals surface area contributed by atoms with Crippen molar-refractivity contribution in [2.45, 2.75) is 47.6 Å². The molecule has 2 aliphatic rings. The van der Waals surface area contributed by atoms with Crippen molar-refractivity contribution < 1.29 is 22.7 Å². The highest BCUT2D eigenvalue weighted by atomic mass is 32.2. The van der Waals surface area contributed by atoms with Gasteiger partial charge in [-0.2, -0.15) is 0 Å². The van der Waals surface area contributed by atoms with Crippen LogP contribution < -0.4 is 14.8 Å². The van der Waals surface area contributed by atoms with Gasteiger partial charge in [0.05, 0.1) is 23.4 Å². The highest BCUT2D eigenvalue weighted by molar-refractivity contribution is 8.01. The van der Waals surface area contributed by atoms with Crippen molar-refractivity contribution in [3.8, 4) is 5.75 Å². The second-order valence-corrected chi connectivity index (χ2v) is 11.0. The number of carbonyl (C=O) groups excluding carboxylic acids is 2. The van der Waals surface area contributed by atoms with Crippen molar-refractivity contribution in [1.82, 2.24) is 4.90 Å². The molecule has 10 heteroatoms. The molecule has 0 aliphatic carbocycles. The van der Waals surface area contributed by atoms with Gasteiger partial charge in [0.15, 0.2) is 5.25 Å². The number of benzene rings is 2. The molecule has 2 amide bonds. The third-order valence-electron chi connectivity index (χ3n) is 5.74. The van der Waals surface area contributed by atoms with Crippen LogP contribution in [0.25, 0.3) is 0 Å². The minimum atomic E-state index is -3.93. The average molecular weight is 490 g/mol. The summed E-state index contributed by atoms with van der Waals surface area (Å²) in [5, 5.41) is 1.86. The number of anilines is 2. The monoisotopic (exact) mass is 489 g/mol. The quantitative estimate of drug-likeness (QED) is 0.622. The summed E-state index contributed by atoms with van der Waals surface area (Å²) in [4.78, 5) is 28.1. The maximum Gasteiger partial charge on any atom is 0.262 e. The molecule has 176 valence electrons. The number of rotatable bonds is 5. The lowest BCUT2D eigenvalue weighted by atomic mass is 10.2. The van der Waals surface area contributed by atoms with Crippen LogP contribution in [0.2, 0.25) is 0 Å². The van der Waals surface area contributed by atoms with Gasteiger partial charge in [-0.15, -0.1) is 11.8 Å². The summed E-state index contributed by atoms with van der Waals surface area (Å²) in [6.07, 6.45) is 4.08. The van der Waals surface area contributed by atoms with Gasteiger partial charge < -0.3 is 15.0 Å². The number of aryl methyl sites for hydroxylation is 1. The van der Waals surface area contributed by atoms with Crippen molar-refractivity contribution in [2.75, 3.05) is 30.2 Å². The third-order valence-corrected chi connectivity index (χ3v) is 8.37. The Kier molecular flexibility index (Phi) is 6.85. The maximum atomic E-state index is 13.0. The standard InChI is InChI=1S/C23H27N3O5S2/c1-15-7-9-19(31-2)17(13-15)25-33(29,30)16-8-10-20-18(14-16)24-22(27)21(32-20)23(28)26-11-5-3-4-6-12-26/h7-10,13-14,21,25H,3-6,11-12H2,1-2H3,(H,24,27)/t21-/m1/s1. The normalized spacial score (nSPS) is 18.7. The molecule has 33 heavy (non-hydrogen) atoms. The topological polar surface area (TPSA) is 105 Å². The molecular weight excluding hydrogens is 462 g/mol. The molecule has 0 aromatic heterocycles. The SMILES string of the molecule is COc1ccc(C)cc1NS(=O)(=O)c1ccc2c(c1)NC(=O)[C@H](C(=O)N1CCCCCC1)S2. The van der Waals surface area contributed by atoms with Crippen molar-refractivity contribution in [1.29, 1.82) is 0 Å². The summed E-state index contributed by atoms with van der Waals surface area (Å²) in [7, 11) is -2.46. The van der Waals surface area contributed by atoms with E-state index in [9.17, 15) is 18.0 Å². The summed E-state index contributed by atoms with van der Waals surface area (Å²) < 4.78 is 33.8. The van der Waals surface area contributed by atoms with Gasteiger partial charge in [-0.1, -0.05) is 18.9 Å². The number of thioether (sulfide) groups is 1. The van der Waals surface area contributed by atoms with Crippen molar-refractivity contribution in [3.63, 3.8) is 0 Å². The Morgan fingerprint density at radius 2 is 1.85 bits per heavy atom. The Hall–Kier alpha value is -2.72. The summed E-state index contributed by atoms with van der Waals surface area (Å²) in [5.41, 5.74) is 1.59. The van der Waals surface area contributed by atoms with Crippen LogP contribution in [0.1, 0.15) is 31.2 Å². The summed E-state index contributed by atoms with van der Waals surface area (Å²) >= 11 is 1.17. The van der Waals surface area contributed by atoms with Crippen LogP contribution in [0.5, 0.6) is 5.75 Å². The Labute approximate surface area is 198 Å². The van der Waals surface area contributed by atoms with Crippen LogP contribution in [0, 0.1) is 6.92 Å². The summed E-state index contributed by atoms with van der Waals surface area (Å²) in [6.45, 7) is 3.19. The third kappa shape index (κ3) is 5.11. The Bertz CT molecular complexity index is 1170. The van der Waals surface area contributed by atoms with E-state index >= 15 is 0 Å². The number of sulfonamides is 1. The fourth-order valence-electron chi connectivity index (χ4n) is 3.98. The van der Waals surface area contributed by atoms with Crippen molar-refractivity contribution >= 4 is 45.0 Å². The van der Waals surface area contributed by atoms with E-state index in [2.05, 4.69) is 10.0 Å². The molecule has 4 rings (SSSR count). The second kappa shape index (κ2) is 9.64. The molecule has 8 nitrogen and oxygen atoms in total. The molecule has 1 atom stereocenters. The van der Waals surface area contributed by atoms with Gasteiger partial charge in [-0.05, 0) is 55.7 Å². The predicted molar refractivity (Wildman–Crippen MR) is 128 cm³/mol. The average Bonchev–Trinajstić information content (AvgIpc) is 3.07. The smallest absolute Gasteiger partial charge is 0.262 e. The minimum absolute atomic E-state index is 0.00278. The van der Waals surface area contributed by atoms with Gasteiger partial charge in [0.1, 0.15) is 5.75 Å².